The number of amides is 1. The minimum absolute atomic E-state index is 0.0434. The molecule has 2 aromatic carbocycles. The Kier molecular flexibility index (Phi) is 7.47. The Morgan fingerprint density at radius 3 is 2.53 bits per heavy atom. The van der Waals surface area contributed by atoms with E-state index in [0.29, 0.717) is 25.5 Å². The van der Waals surface area contributed by atoms with Gasteiger partial charge in [0.1, 0.15) is 11.4 Å². The van der Waals surface area contributed by atoms with E-state index in [2.05, 4.69) is 27.3 Å². The van der Waals surface area contributed by atoms with Crippen molar-refractivity contribution in [2.45, 2.75) is 11.2 Å². The van der Waals surface area contributed by atoms with Crippen molar-refractivity contribution < 1.29 is 14.3 Å². The van der Waals surface area contributed by atoms with Crippen LogP contribution < -0.4 is 10.1 Å². The molecule has 1 fully saturated rings. The van der Waals surface area contributed by atoms with Gasteiger partial charge in [0.15, 0.2) is 5.16 Å². The number of hydrogen-bond acceptors (Lipinski definition) is 6. The number of morpholine rings is 1. The van der Waals surface area contributed by atoms with E-state index in [9.17, 15) is 4.79 Å². The number of carbonyl (C=O) groups is 1. The fraction of sp³-hybridized carbons (Fsp3) is 0.333. The van der Waals surface area contributed by atoms with E-state index < -0.39 is 0 Å². The summed E-state index contributed by atoms with van der Waals surface area (Å²) in [5.41, 5.74) is 2.57. The minimum atomic E-state index is -0.145. The Hall–Kier alpha value is -2.81. The van der Waals surface area contributed by atoms with Gasteiger partial charge in [-0.1, -0.05) is 42.1 Å². The molecule has 1 aromatic heterocycles. The summed E-state index contributed by atoms with van der Waals surface area (Å²) in [5.74, 6) is 0.670. The number of carbonyl (C=O) groups excluding carboxylic acids is 1. The van der Waals surface area contributed by atoms with E-state index in [4.69, 9.17) is 9.47 Å². The summed E-state index contributed by atoms with van der Waals surface area (Å²) < 4.78 is 12.7. The molecule has 1 N–H and O–H groups in total. The van der Waals surface area contributed by atoms with Crippen LogP contribution in [-0.4, -0.2) is 66.6 Å². The largest absolute Gasteiger partial charge is 0.497 e. The first kappa shape index (κ1) is 22.4. The lowest BCUT2D eigenvalue weighted by Crippen LogP contribution is -2.44. The van der Waals surface area contributed by atoms with Crippen LogP contribution in [0.15, 0.2) is 66.0 Å². The third-order valence-corrected chi connectivity index (χ3v) is 6.26. The SMILES string of the molecule is COc1ccc(C(CNC(=O)c2cnc(SC)n2-c2ccccc2)N2CCOCC2)cc1. The molecule has 1 atom stereocenters. The molecule has 2 heterocycles. The molecule has 7 nitrogen and oxygen atoms in total. The van der Waals surface area contributed by atoms with Crippen LogP contribution in [0.2, 0.25) is 0 Å². The van der Waals surface area contributed by atoms with Crippen molar-refractivity contribution in [2.24, 2.45) is 0 Å². The van der Waals surface area contributed by atoms with Crippen LogP contribution in [0.25, 0.3) is 5.69 Å². The fourth-order valence-electron chi connectivity index (χ4n) is 3.92. The normalized spacial score (nSPS) is 15.3. The highest BCUT2D eigenvalue weighted by atomic mass is 32.2. The van der Waals surface area contributed by atoms with Crippen LogP contribution >= 0.6 is 11.8 Å². The van der Waals surface area contributed by atoms with E-state index in [1.54, 1.807) is 13.3 Å². The lowest BCUT2D eigenvalue weighted by atomic mass is 10.0. The van der Waals surface area contributed by atoms with Crippen LogP contribution in [0, 0.1) is 0 Å². The van der Waals surface area contributed by atoms with Crippen LogP contribution in [0.1, 0.15) is 22.1 Å². The topological polar surface area (TPSA) is 68.6 Å². The number of para-hydroxylation sites is 1. The number of thioether (sulfide) groups is 1. The van der Waals surface area contributed by atoms with Crippen LogP contribution in [0.3, 0.4) is 0 Å². The van der Waals surface area contributed by atoms with E-state index >= 15 is 0 Å². The Morgan fingerprint density at radius 2 is 1.88 bits per heavy atom. The molecule has 0 aliphatic carbocycles. The minimum Gasteiger partial charge on any atom is -0.497 e. The highest BCUT2D eigenvalue weighted by Crippen LogP contribution is 2.25. The molecule has 0 spiro atoms. The first-order chi connectivity index (χ1) is 15.7. The molecular weight excluding hydrogens is 424 g/mol. The van der Waals surface area contributed by atoms with E-state index in [1.807, 2.05) is 53.3 Å². The summed E-state index contributed by atoms with van der Waals surface area (Å²) in [4.78, 5) is 20.0. The molecule has 4 rings (SSSR count). The number of aromatic nitrogens is 2. The van der Waals surface area contributed by atoms with Crippen molar-refractivity contribution in [3.05, 3.63) is 72.1 Å². The molecule has 8 heteroatoms. The predicted molar refractivity (Wildman–Crippen MR) is 126 cm³/mol. The zero-order chi connectivity index (χ0) is 22.3. The smallest absolute Gasteiger partial charge is 0.270 e. The van der Waals surface area contributed by atoms with Crippen molar-refractivity contribution in [3.8, 4) is 11.4 Å². The van der Waals surface area contributed by atoms with Gasteiger partial charge in [0, 0.05) is 25.3 Å². The van der Waals surface area contributed by atoms with Crippen molar-refractivity contribution >= 4 is 17.7 Å². The molecule has 1 aliphatic heterocycles. The second-order valence-electron chi connectivity index (χ2n) is 7.45. The van der Waals surface area contributed by atoms with Crippen molar-refractivity contribution in [2.75, 3.05) is 46.2 Å². The van der Waals surface area contributed by atoms with Crippen molar-refractivity contribution in [1.29, 1.82) is 0 Å². The Bertz CT molecular complexity index is 1020. The summed E-state index contributed by atoms with van der Waals surface area (Å²) in [5, 5.41) is 3.93. The molecular formula is C24H28N4O3S. The van der Waals surface area contributed by atoms with Gasteiger partial charge in [-0.2, -0.15) is 0 Å². The third-order valence-electron chi connectivity index (χ3n) is 5.60. The van der Waals surface area contributed by atoms with Crippen molar-refractivity contribution in [3.63, 3.8) is 0 Å². The molecule has 32 heavy (non-hydrogen) atoms. The average molecular weight is 453 g/mol. The number of rotatable bonds is 8. The van der Waals surface area contributed by atoms with E-state index in [1.165, 1.54) is 11.8 Å². The van der Waals surface area contributed by atoms with Crippen molar-refractivity contribution in [1.82, 2.24) is 19.8 Å². The molecule has 1 amide bonds. The number of imidazole rings is 1. The first-order valence-electron chi connectivity index (χ1n) is 10.6. The van der Waals surface area contributed by atoms with Gasteiger partial charge in [0.25, 0.3) is 5.91 Å². The Labute approximate surface area is 192 Å². The number of ether oxygens (including phenoxy) is 2. The zero-order valence-corrected chi connectivity index (χ0v) is 19.2. The van der Waals surface area contributed by atoms with Gasteiger partial charge < -0.3 is 14.8 Å². The maximum absolute atomic E-state index is 13.2. The highest BCUT2D eigenvalue weighted by Gasteiger charge is 2.25. The molecule has 168 valence electrons. The zero-order valence-electron chi connectivity index (χ0n) is 18.4. The second-order valence-corrected chi connectivity index (χ2v) is 8.22. The van der Waals surface area contributed by atoms with Gasteiger partial charge >= 0.3 is 0 Å². The molecule has 1 aliphatic rings. The molecule has 0 bridgehead atoms. The van der Waals surface area contributed by atoms with Gasteiger partial charge in [-0.05, 0) is 36.1 Å². The third kappa shape index (κ3) is 4.98. The maximum Gasteiger partial charge on any atom is 0.270 e. The molecule has 1 unspecified atom stereocenters. The average Bonchev–Trinajstić information content (AvgIpc) is 3.30. The van der Waals surface area contributed by atoms with E-state index in [0.717, 1.165) is 35.2 Å². The lowest BCUT2D eigenvalue weighted by molar-refractivity contribution is 0.0162. The monoisotopic (exact) mass is 452 g/mol. The Balaban J connectivity index is 1.55. The summed E-state index contributed by atoms with van der Waals surface area (Å²) >= 11 is 1.51. The van der Waals surface area contributed by atoms with Gasteiger partial charge in [0.2, 0.25) is 0 Å². The number of methoxy groups -OCH3 is 1. The Morgan fingerprint density at radius 1 is 1.16 bits per heavy atom. The highest BCUT2D eigenvalue weighted by molar-refractivity contribution is 7.98. The maximum atomic E-state index is 13.2. The standard InChI is InChI=1S/C24H28N4O3S/c1-30-20-10-8-18(9-11-20)21(27-12-14-31-15-13-27)16-25-23(29)22-17-26-24(32-2)28(22)19-6-4-3-5-7-19/h3-11,17,21H,12-16H2,1-2H3,(H,25,29). The first-order valence-corrected chi connectivity index (χ1v) is 11.8. The molecule has 1 saturated heterocycles. The summed E-state index contributed by atoms with van der Waals surface area (Å²) in [6, 6.07) is 17.9. The van der Waals surface area contributed by atoms with Gasteiger partial charge in [-0.15, -0.1) is 0 Å². The summed E-state index contributed by atoms with van der Waals surface area (Å²) in [7, 11) is 1.66. The van der Waals surface area contributed by atoms with Crippen LogP contribution in [0.5, 0.6) is 5.75 Å². The molecule has 3 aromatic rings. The molecule has 0 radical (unpaired) electrons. The van der Waals surface area contributed by atoms with Gasteiger partial charge in [0.05, 0.1) is 32.6 Å². The number of nitrogens with one attached hydrogen (secondary N) is 1. The van der Waals surface area contributed by atoms with E-state index in [-0.39, 0.29) is 11.9 Å². The lowest BCUT2D eigenvalue weighted by Gasteiger charge is -2.35. The second kappa shape index (κ2) is 10.7. The quantitative estimate of drug-likeness (QED) is 0.529. The fourth-order valence-corrected chi connectivity index (χ4v) is 4.46. The summed E-state index contributed by atoms with van der Waals surface area (Å²) in [6.07, 6.45) is 3.60. The van der Waals surface area contributed by atoms with Crippen LogP contribution in [-0.2, 0) is 4.74 Å². The number of nitrogens with zero attached hydrogens (tertiary/aromatic N) is 3. The van der Waals surface area contributed by atoms with Gasteiger partial charge in [-0.25, -0.2) is 4.98 Å². The predicted octanol–water partition coefficient (Wildman–Crippen LogP) is 3.41. The number of benzene rings is 2. The van der Waals surface area contributed by atoms with Gasteiger partial charge in [-0.3, -0.25) is 14.3 Å². The van der Waals surface area contributed by atoms with Crippen LogP contribution in [0.4, 0.5) is 0 Å². The molecule has 0 saturated carbocycles. The number of hydrogen-bond donors (Lipinski definition) is 1. The summed E-state index contributed by atoms with van der Waals surface area (Å²) in [6.45, 7) is 3.52.